The van der Waals surface area contributed by atoms with Gasteiger partial charge in [-0.2, -0.15) is 0 Å². The Morgan fingerprint density at radius 2 is 2.25 bits per heavy atom. The monoisotopic (exact) mass is 279 g/mol. The quantitative estimate of drug-likeness (QED) is 0.616. The molecule has 0 amide bonds. The van der Waals surface area contributed by atoms with E-state index in [1.165, 1.54) is 16.6 Å². The fourth-order valence-electron chi connectivity index (χ4n) is 1.76. The van der Waals surface area contributed by atoms with Crippen LogP contribution in [-0.2, 0) is 18.4 Å². The van der Waals surface area contributed by atoms with Crippen LogP contribution in [0.5, 0.6) is 0 Å². The second kappa shape index (κ2) is 4.85. The van der Waals surface area contributed by atoms with Crippen LogP contribution in [0.1, 0.15) is 5.69 Å². The number of benzene rings is 1. The molecule has 2 aromatic rings. The zero-order chi connectivity index (χ0) is 11.5. The summed E-state index contributed by atoms with van der Waals surface area (Å²) in [6, 6.07) is 8.43. The van der Waals surface area contributed by atoms with E-state index in [1.54, 1.807) is 6.08 Å². The van der Waals surface area contributed by atoms with Crippen LogP contribution in [-0.4, -0.2) is 11.2 Å². The topological polar surface area (TPSA) is 14.2 Å². The lowest BCUT2D eigenvalue weighted by Gasteiger charge is -2.03. The predicted molar refractivity (Wildman–Crippen MR) is 70.5 cm³/mol. The molecule has 0 atom stereocenters. The van der Waals surface area contributed by atoms with Gasteiger partial charge >= 0.3 is 0 Å². The molecular formula is C13H14BrNO. The third kappa shape index (κ3) is 2.20. The van der Waals surface area contributed by atoms with Crippen LogP contribution >= 0.6 is 15.9 Å². The van der Waals surface area contributed by atoms with Crippen molar-refractivity contribution in [2.24, 2.45) is 7.05 Å². The zero-order valence-corrected chi connectivity index (χ0v) is 10.8. The minimum Gasteiger partial charge on any atom is -0.371 e. The average molecular weight is 280 g/mol. The first-order valence-electron chi connectivity index (χ1n) is 5.15. The van der Waals surface area contributed by atoms with Crippen molar-refractivity contribution >= 4 is 26.8 Å². The number of aromatic nitrogens is 1. The number of nitrogens with zero attached hydrogens (tertiary/aromatic N) is 1. The van der Waals surface area contributed by atoms with E-state index in [2.05, 4.69) is 58.4 Å². The number of rotatable bonds is 4. The molecule has 0 aliphatic carbocycles. The fraction of sp³-hybridized carbons (Fsp3) is 0.231. The molecule has 1 aromatic carbocycles. The van der Waals surface area contributed by atoms with Gasteiger partial charge in [-0.3, -0.25) is 0 Å². The highest BCUT2D eigenvalue weighted by atomic mass is 79.9. The van der Waals surface area contributed by atoms with Gasteiger partial charge in [0, 0.05) is 28.1 Å². The molecule has 0 bridgehead atoms. The molecule has 0 unspecified atom stereocenters. The largest absolute Gasteiger partial charge is 0.371 e. The first-order valence-corrected chi connectivity index (χ1v) is 5.94. The van der Waals surface area contributed by atoms with E-state index >= 15 is 0 Å². The maximum Gasteiger partial charge on any atom is 0.0872 e. The highest BCUT2D eigenvalue weighted by Gasteiger charge is 2.05. The number of hydrogen-bond donors (Lipinski definition) is 0. The Hall–Kier alpha value is -1.06. The van der Waals surface area contributed by atoms with Gasteiger partial charge in [0.2, 0.25) is 0 Å². The molecule has 0 fully saturated rings. The van der Waals surface area contributed by atoms with Gasteiger partial charge in [-0.1, -0.05) is 22.0 Å². The van der Waals surface area contributed by atoms with Gasteiger partial charge in [0.05, 0.1) is 13.2 Å². The van der Waals surface area contributed by atoms with Crippen molar-refractivity contribution in [2.75, 3.05) is 6.61 Å². The van der Waals surface area contributed by atoms with Crippen LogP contribution in [0.15, 0.2) is 41.4 Å². The molecule has 0 saturated carbocycles. The third-order valence-electron chi connectivity index (χ3n) is 2.59. The maximum atomic E-state index is 5.46. The van der Waals surface area contributed by atoms with Crippen molar-refractivity contribution in [1.29, 1.82) is 0 Å². The second-order valence-electron chi connectivity index (χ2n) is 3.70. The molecule has 1 aromatic heterocycles. The average Bonchev–Trinajstić information content (AvgIpc) is 2.56. The SMILES string of the molecule is C=CCOCc1cc2cc(Br)ccc2n1C. The highest BCUT2D eigenvalue weighted by molar-refractivity contribution is 9.10. The molecule has 84 valence electrons. The Balaban J connectivity index is 2.32. The van der Waals surface area contributed by atoms with E-state index in [0.29, 0.717) is 13.2 Å². The van der Waals surface area contributed by atoms with Gasteiger partial charge in [0.15, 0.2) is 0 Å². The van der Waals surface area contributed by atoms with Crippen molar-refractivity contribution in [2.45, 2.75) is 6.61 Å². The van der Waals surface area contributed by atoms with E-state index < -0.39 is 0 Å². The Bertz CT molecular complexity index is 516. The van der Waals surface area contributed by atoms with Crippen molar-refractivity contribution in [3.63, 3.8) is 0 Å². The van der Waals surface area contributed by atoms with Crippen LogP contribution < -0.4 is 0 Å². The maximum absolute atomic E-state index is 5.46. The summed E-state index contributed by atoms with van der Waals surface area (Å²) in [5.74, 6) is 0. The minimum atomic E-state index is 0.589. The smallest absolute Gasteiger partial charge is 0.0872 e. The first-order chi connectivity index (χ1) is 7.72. The molecule has 3 heteroatoms. The van der Waals surface area contributed by atoms with E-state index in [0.717, 1.165) is 4.47 Å². The third-order valence-corrected chi connectivity index (χ3v) is 3.08. The molecule has 0 spiro atoms. The second-order valence-corrected chi connectivity index (χ2v) is 4.62. The minimum absolute atomic E-state index is 0.589. The summed E-state index contributed by atoms with van der Waals surface area (Å²) < 4.78 is 8.72. The zero-order valence-electron chi connectivity index (χ0n) is 9.24. The molecule has 0 aliphatic heterocycles. The molecule has 1 heterocycles. The molecule has 2 rings (SSSR count). The summed E-state index contributed by atoms with van der Waals surface area (Å²) in [5, 5.41) is 1.23. The van der Waals surface area contributed by atoms with Crippen LogP contribution in [0.4, 0.5) is 0 Å². The van der Waals surface area contributed by atoms with Crippen molar-refractivity contribution in [3.8, 4) is 0 Å². The van der Waals surface area contributed by atoms with Gasteiger partial charge in [-0.25, -0.2) is 0 Å². The van der Waals surface area contributed by atoms with E-state index in [9.17, 15) is 0 Å². The Morgan fingerprint density at radius 1 is 1.44 bits per heavy atom. The van der Waals surface area contributed by atoms with Crippen molar-refractivity contribution in [3.05, 3.63) is 47.1 Å². The number of fused-ring (bicyclic) bond motifs is 1. The van der Waals surface area contributed by atoms with Gasteiger partial charge in [-0.15, -0.1) is 6.58 Å². The Morgan fingerprint density at radius 3 is 3.00 bits per heavy atom. The number of halogens is 1. The standard InChI is InChI=1S/C13H14BrNO/c1-3-6-16-9-12-8-10-7-11(14)4-5-13(10)15(12)2/h3-5,7-8H,1,6,9H2,2H3. The van der Waals surface area contributed by atoms with E-state index in [4.69, 9.17) is 4.74 Å². The van der Waals surface area contributed by atoms with Gasteiger partial charge in [0.1, 0.15) is 0 Å². The molecule has 2 nitrogen and oxygen atoms in total. The number of aryl methyl sites for hydroxylation is 1. The van der Waals surface area contributed by atoms with E-state index in [-0.39, 0.29) is 0 Å². The molecule has 16 heavy (non-hydrogen) atoms. The van der Waals surface area contributed by atoms with Crippen LogP contribution in [0, 0.1) is 0 Å². The normalized spacial score (nSPS) is 10.9. The lowest BCUT2D eigenvalue weighted by atomic mass is 10.2. The molecule has 0 saturated heterocycles. The van der Waals surface area contributed by atoms with Crippen molar-refractivity contribution in [1.82, 2.24) is 4.57 Å². The van der Waals surface area contributed by atoms with Gasteiger partial charge in [0.25, 0.3) is 0 Å². The Kier molecular flexibility index (Phi) is 3.46. The summed E-state index contributed by atoms with van der Waals surface area (Å²) in [7, 11) is 2.06. The predicted octanol–water partition coefficient (Wildman–Crippen LogP) is 3.64. The Labute approximate surface area is 104 Å². The molecular weight excluding hydrogens is 266 g/mol. The van der Waals surface area contributed by atoms with Gasteiger partial charge in [-0.05, 0) is 24.3 Å². The summed E-state index contributed by atoms with van der Waals surface area (Å²) >= 11 is 3.48. The number of hydrogen-bond acceptors (Lipinski definition) is 1. The van der Waals surface area contributed by atoms with Crippen LogP contribution in [0.3, 0.4) is 0 Å². The fourth-order valence-corrected chi connectivity index (χ4v) is 2.14. The van der Waals surface area contributed by atoms with Gasteiger partial charge < -0.3 is 9.30 Å². The summed E-state index contributed by atoms with van der Waals surface area (Å²) in [5.41, 5.74) is 2.40. The lowest BCUT2D eigenvalue weighted by molar-refractivity contribution is 0.144. The summed E-state index contributed by atoms with van der Waals surface area (Å²) in [4.78, 5) is 0. The van der Waals surface area contributed by atoms with E-state index in [1.807, 2.05) is 0 Å². The summed E-state index contributed by atoms with van der Waals surface area (Å²) in [6.07, 6.45) is 1.76. The molecule has 0 radical (unpaired) electrons. The van der Waals surface area contributed by atoms with Crippen LogP contribution in [0.25, 0.3) is 10.9 Å². The lowest BCUT2D eigenvalue weighted by Crippen LogP contribution is -1.99. The highest BCUT2D eigenvalue weighted by Crippen LogP contribution is 2.23. The first kappa shape index (κ1) is 11.4. The summed E-state index contributed by atoms with van der Waals surface area (Å²) in [6.45, 7) is 4.84. The molecule has 0 N–H and O–H groups in total. The van der Waals surface area contributed by atoms with Crippen LogP contribution in [0.2, 0.25) is 0 Å². The molecule has 0 aliphatic rings. The van der Waals surface area contributed by atoms with Crippen molar-refractivity contribution < 1.29 is 4.74 Å². The number of ether oxygens (including phenoxy) is 1.